The molecular formula is C42H53F6N7O6. The highest BCUT2D eigenvalue weighted by Gasteiger charge is 2.53. The molecule has 6 rings (SSSR count). The highest BCUT2D eigenvalue weighted by Crippen LogP contribution is 2.45. The standard InChI is InChI=1S/C42H53F6N7O6/c1-4-42(47,48)28-8-9-30(29(23-28)31-24-33(40(2,45)46)50-26-49-31)51-38(58)34-37(57)41(11-5-6-12-41)52(3)55(39(34)59)25-27-7-10-32(36(44)35(27)43)61-21-18-54-15-13-53(14-16-54)17-20-60-22-19-56/h7-10,23-24,50,56-57H,4-6,11-22,25-26H2,1-3H3,(H,51,58). The molecule has 1 saturated carbocycles. The molecule has 19 heteroatoms. The molecule has 1 spiro atoms. The molecule has 1 aliphatic carbocycles. The van der Waals surface area contributed by atoms with Crippen molar-refractivity contribution >= 4 is 23.2 Å². The summed E-state index contributed by atoms with van der Waals surface area (Å²) in [5.41, 5.74) is -3.61. The second-order valence-electron chi connectivity index (χ2n) is 15.7. The number of aliphatic hydroxyl groups excluding tert-OH is 2. The Morgan fingerprint density at radius 3 is 2.30 bits per heavy atom. The van der Waals surface area contributed by atoms with Crippen LogP contribution in [-0.2, 0) is 26.8 Å². The number of amides is 2. The molecule has 0 radical (unpaired) electrons. The first kappa shape index (κ1) is 45.8. The molecule has 61 heavy (non-hydrogen) atoms. The van der Waals surface area contributed by atoms with E-state index in [9.17, 15) is 32.3 Å². The zero-order valence-corrected chi connectivity index (χ0v) is 34.5. The molecular weight excluding hydrogens is 812 g/mol. The molecule has 3 heterocycles. The molecule has 4 N–H and O–H groups in total. The molecule has 0 atom stereocenters. The highest BCUT2D eigenvalue weighted by atomic mass is 19.3. The third-order valence-electron chi connectivity index (χ3n) is 11.8. The Hall–Kier alpha value is -4.69. The molecule has 2 aromatic carbocycles. The summed E-state index contributed by atoms with van der Waals surface area (Å²) < 4.78 is 101. The van der Waals surface area contributed by atoms with Crippen LogP contribution in [0.25, 0.3) is 0 Å². The van der Waals surface area contributed by atoms with E-state index in [1.54, 1.807) is 0 Å². The van der Waals surface area contributed by atoms with Gasteiger partial charge in [0, 0.05) is 76.4 Å². The van der Waals surface area contributed by atoms with E-state index in [1.807, 2.05) is 0 Å². The van der Waals surface area contributed by atoms with Crippen LogP contribution in [0.3, 0.4) is 0 Å². The van der Waals surface area contributed by atoms with E-state index >= 15 is 8.78 Å². The van der Waals surface area contributed by atoms with Crippen LogP contribution in [0.4, 0.5) is 32.0 Å². The van der Waals surface area contributed by atoms with Gasteiger partial charge in [0.15, 0.2) is 11.6 Å². The number of alkyl halides is 4. The van der Waals surface area contributed by atoms with Crippen LogP contribution >= 0.6 is 0 Å². The lowest BCUT2D eigenvalue weighted by atomic mass is 9.88. The number of benzene rings is 2. The van der Waals surface area contributed by atoms with E-state index in [1.165, 1.54) is 31.1 Å². The van der Waals surface area contributed by atoms with Crippen molar-refractivity contribution in [1.82, 2.24) is 25.1 Å². The number of carbonyl (C=O) groups excluding carboxylic acids is 2. The van der Waals surface area contributed by atoms with Crippen molar-refractivity contribution in [2.75, 3.05) is 84.7 Å². The van der Waals surface area contributed by atoms with Crippen molar-refractivity contribution in [2.45, 2.75) is 69.9 Å². The summed E-state index contributed by atoms with van der Waals surface area (Å²) in [6.07, 6.45) is 2.24. The minimum Gasteiger partial charge on any atom is -0.509 e. The van der Waals surface area contributed by atoms with Gasteiger partial charge in [0.2, 0.25) is 5.82 Å². The maximum absolute atomic E-state index is 15.8. The van der Waals surface area contributed by atoms with Crippen LogP contribution in [-0.4, -0.2) is 138 Å². The van der Waals surface area contributed by atoms with Crippen LogP contribution in [0.2, 0.25) is 0 Å². The van der Waals surface area contributed by atoms with Crippen molar-refractivity contribution in [3.63, 3.8) is 0 Å². The van der Waals surface area contributed by atoms with Gasteiger partial charge in [0.25, 0.3) is 23.7 Å². The van der Waals surface area contributed by atoms with Crippen LogP contribution in [0.5, 0.6) is 5.75 Å². The molecule has 2 fully saturated rings. The third-order valence-corrected chi connectivity index (χ3v) is 11.8. The first-order valence-corrected chi connectivity index (χ1v) is 20.5. The lowest BCUT2D eigenvalue weighted by Crippen LogP contribution is -2.62. The van der Waals surface area contributed by atoms with Gasteiger partial charge in [-0.15, -0.1) is 0 Å². The average molecular weight is 866 g/mol. The van der Waals surface area contributed by atoms with Crippen molar-refractivity contribution < 1.29 is 55.6 Å². The quantitative estimate of drug-likeness (QED) is 0.0940. The van der Waals surface area contributed by atoms with E-state index in [-0.39, 0.29) is 48.2 Å². The number of likely N-dealkylation sites (N-methyl/N-ethyl adjacent to an activating group) is 1. The maximum Gasteiger partial charge on any atom is 0.284 e. The zero-order valence-electron chi connectivity index (χ0n) is 34.5. The second-order valence-corrected chi connectivity index (χ2v) is 15.7. The maximum atomic E-state index is 15.8. The molecule has 2 amide bonds. The van der Waals surface area contributed by atoms with Gasteiger partial charge in [-0.2, -0.15) is 4.39 Å². The van der Waals surface area contributed by atoms with E-state index in [0.29, 0.717) is 52.4 Å². The Morgan fingerprint density at radius 1 is 0.984 bits per heavy atom. The van der Waals surface area contributed by atoms with E-state index in [2.05, 4.69) is 25.4 Å². The molecule has 0 aromatic heterocycles. The van der Waals surface area contributed by atoms with Crippen molar-refractivity contribution in [2.24, 2.45) is 4.99 Å². The minimum absolute atomic E-state index is 0.0257. The number of aliphatic imine (C=N–C) groups is 1. The van der Waals surface area contributed by atoms with Crippen LogP contribution in [0.15, 0.2) is 58.4 Å². The fourth-order valence-corrected chi connectivity index (χ4v) is 8.10. The molecule has 13 nitrogen and oxygen atoms in total. The Bertz CT molecular complexity index is 2030. The first-order chi connectivity index (χ1) is 29.0. The lowest BCUT2D eigenvalue weighted by Gasteiger charge is -2.48. The summed E-state index contributed by atoms with van der Waals surface area (Å²) in [7, 11) is 1.51. The molecule has 3 aliphatic heterocycles. The van der Waals surface area contributed by atoms with E-state index in [4.69, 9.17) is 14.6 Å². The van der Waals surface area contributed by atoms with Gasteiger partial charge in [-0.1, -0.05) is 31.9 Å². The summed E-state index contributed by atoms with van der Waals surface area (Å²) >= 11 is 0. The molecule has 334 valence electrons. The summed E-state index contributed by atoms with van der Waals surface area (Å²) in [4.78, 5) is 37.0. The van der Waals surface area contributed by atoms with Gasteiger partial charge in [0.05, 0.1) is 49.0 Å². The Balaban J connectivity index is 1.20. The predicted octanol–water partition coefficient (Wildman–Crippen LogP) is 5.31. The van der Waals surface area contributed by atoms with E-state index in [0.717, 1.165) is 62.0 Å². The SMILES string of the molecule is CCC(F)(F)c1ccc(NC(=O)C2=C(O)C3(CCCC3)N(C)N(Cc3ccc(OCCN4CCN(CCOCCO)CC4)c(F)c3F)C2=O)c(C2=NCNC(C(C)(F)F)=C2)c1. The van der Waals surface area contributed by atoms with Crippen LogP contribution < -0.4 is 15.4 Å². The smallest absolute Gasteiger partial charge is 0.284 e. The van der Waals surface area contributed by atoms with Gasteiger partial charge in [-0.05, 0) is 37.1 Å². The van der Waals surface area contributed by atoms with Crippen molar-refractivity contribution in [3.8, 4) is 5.75 Å². The number of piperazine rings is 1. The number of ether oxygens (including phenoxy) is 2. The molecule has 1 saturated heterocycles. The minimum atomic E-state index is -3.34. The summed E-state index contributed by atoms with van der Waals surface area (Å²) in [6, 6.07) is 5.80. The van der Waals surface area contributed by atoms with Crippen molar-refractivity contribution in [1.29, 1.82) is 0 Å². The van der Waals surface area contributed by atoms with E-state index < -0.39 is 76.4 Å². The highest BCUT2D eigenvalue weighted by molar-refractivity contribution is 6.25. The number of rotatable bonds is 17. The average Bonchev–Trinajstić information content (AvgIpc) is 3.74. The topological polar surface area (TPSA) is 142 Å². The Labute approximate surface area is 350 Å². The fraction of sp³-hybridized carbons (Fsp3) is 0.548. The summed E-state index contributed by atoms with van der Waals surface area (Å²) in [5.74, 6) is -12.2. The number of nitrogens with one attached hydrogen (secondary N) is 2. The van der Waals surface area contributed by atoms with Crippen LogP contribution in [0.1, 0.15) is 62.6 Å². The molecule has 2 aromatic rings. The fourth-order valence-electron chi connectivity index (χ4n) is 8.10. The number of hydrazine groups is 1. The van der Waals surface area contributed by atoms with Gasteiger partial charge in [-0.25, -0.2) is 27.0 Å². The predicted molar refractivity (Wildman–Crippen MR) is 214 cm³/mol. The Kier molecular flexibility index (Phi) is 14.4. The molecule has 4 aliphatic rings. The normalized spacial score (nSPS) is 19.3. The zero-order chi connectivity index (χ0) is 44.1. The van der Waals surface area contributed by atoms with Gasteiger partial charge < -0.3 is 30.3 Å². The summed E-state index contributed by atoms with van der Waals surface area (Å²) in [5, 5.41) is 28.1. The number of nitrogens with zero attached hydrogens (tertiary/aromatic N) is 5. The first-order valence-electron chi connectivity index (χ1n) is 20.5. The number of anilines is 1. The number of hydrogen-bond acceptors (Lipinski definition) is 11. The largest absolute Gasteiger partial charge is 0.509 e. The number of aliphatic hydroxyl groups is 2. The van der Waals surface area contributed by atoms with Gasteiger partial charge in [-0.3, -0.25) is 29.4 Å². The number of allylic oxidation sites excluding steroid dienone is 2. The lowest BCUT2D eigenvalue weighted by molar-refractivity contribution is -0.162. The summed E-state index contributed by atoms with van der Waals surface area (Å²) in [6.45, 7) is 6.27. The van der Waals surface area contributed by atoms with Gasteiger partial charge in [0.1, 0.15) is 24.6 Å². The Morgan fingerprint density at radius 2 is 1.66 bits per heavy atom. The van der Waals surface area contributed by atoms with Crippen LogP contribution in [0, 0.1) is 11.6 Å². The third kappa shape index (κ3) is 10.0. The molecule has 0 unspecified atom stereocenters. The van der Waals surface area contributed by atoms with Crippen molar-refractivity contribution in [3.05, 3.63) is 81.8 Å². The monoisotopic (exact) mass is 865 g/mol. The number of carbonyl (C=O) groups is 2. The molecule has 0 bridgehead atoms. The number of halogens is 6. The second kappa shape index (κ2) is 19.1. The number of hydrogen-bond donors (Lipinski definition) is 4. The van der Waals surface area contributed by atoms with Gasteiger partial charge >= 0.3 is 0 Å².